The maximum absolute atomic E-state index is 13.7. The van der Waals surface area contributed by atoms with E-state index >= 15 is 0 Å². The second kappa shape index (κ2) is 6.44. The summed E-state index contributed by atoms with van der Waals surface area (Å²) in [6.45, 7) is 1.93. The molecule has 0 saturated heterocycles. The Bertz CT molecular complexity index is 817. The van der Waals surface area contributed by atoms with E-state index < -0.39 is 5.97 Å². The van der Waals surface area contributed by atoms with Gasteiger partial charge in [0.2, 0.25) is 0 Å². The van der Waals surface area contributed by atoms with Crippen molar-refractivity contribution in [3.05, 3.63) is 71.1 Å². The van der Waals surface area contributed by atoms with E-state index in [9.17, 15) is 14.3 Å². The second-order valence-corrected chi connectivity index (χ2v) is 7.24. The summed E-state index contributed by atoms with van der Waals surface area (Å²) in [7, 11) is 0. The molecule has 0 fully saturated rings. The molecule has 2 nitrogen and oxygen atoms in total. The predicted molar refractivity (Wildman–Crippen MR) is 98.4 cm³/mol. The SMILES string of the molecule is CSC1(C=C2C(C)=C(CC(=O)O)c3cc(F)ccc32)C=CC=CC1. The van der Waals surface area contributed by atoms with E-state index in [1.54, 1.807) is 17.8 Å². The Balaban J connectivity index is 2.16. The Morgan fingerprint density at radius 1 is 1.38 bits per heavy atom. The van der Waals surface area contributed by atoms with Gasteiger partial charge in [-0.05, 0) is 59.6 Å². The number of halogens is 1. The van der Waals surface area contributed by atoms with Crippen LogP contribution in [0.1, 0.15) is 30.9 Å². The molecular weight excluding hydrogens is 323 g/mol. The molecule has 2 aliphatic rings. The first-order valence-electron chi connectivity index (χ1n) is 7.80. The van der Waals surface area contributed by atoms with Crippen LogP contribution in [0.4, 0.5) is 4.39 Å². The van der Waals surface area contributed by atoms with E-state index in [1.807, 2.05) is 19.1 Å². The maximum atomic E-state index is 13.7. The molecule has 0 aliphatic heterocycles. The molecule has 0 radical (unpaired) electrons. The van der Waals surface area contributed by atoms with Crippen molar-refractivity contribution in [3.8, 4) is 0 Å². The van der Waals surface area contributed by atoms with Crippen LogP contribution in [0.2, 0.25) is 0 Å². The van der Waals surface area contributed by atoms with Crippen LogP contribution < -0.4 is 0 Å². The maximum Gasteiger partial charge on any atom is 0.307 e. The Kier molecular flexibility index (Phi) is 4.50. The molecule has 0 saturated carbocycles. The highest BCUT2D eigenvalue weighted by atomic mass is 32.2. The lowest BCUT2D eigenvalue weighted by molar-refractivity contribution is -0.135. The van der Waals surface area contributed by atoms with Gasteiger partial charge in [0.15, 0.2) is 0 Å². The minimum absolute atomic E-state index is 0.0956. The highest BCUT2D eigenvalue weighted by molar-refractivity contribution is 8.00. The molecule has 124 valence electrons. The number of allylic oxidation sites excluding steroid dienone is 5. The summed E-state index contributed by atoms with van der Waals surface area (Å²) < 4.78 is 13.6. The van der Waals surface area contributed by atoms with Crippen molar-refractivity contribution in [2.24, 2.45) is 0 Å². The van der Waals surface area contributed by atoms with Gasteiger partial charge in [0.1, 0.15) is 5.82 Å². The number of hydrogen-bond acceptors (Lipinski definition) is 2. The van der Waals surface area contributed by atoms with E-state index in [0.29, 0.717) is 11.1 Å². The lowest BCUT2D eigenvalue weighted by Crippen LogP contribution is -2.19. The largest absolute Gasteiger partial charge is 0.481 e. The molecular formula is C20H19FO2S. The van der Waals surface area contributed by atoms with Gasteiger partial charge in [-0.25, -0.2) is 4.39 Å². The zero-order valence-corrected chi connectivity index (χ0v) is 14.5. The third kappa shape index (κ3) is 2.98. The fraction of sp³-hybridized carbons (Fsp3) is 0.250. The third-order valence-corrected chi connectivity index (χ3v) is 5.79. The van der Waals surface area contributed by atoms with Crippen LogP contribution >= 0.6 is 11.8 Å². The first kappa shape index (κ1) is 16.8. The van der Waals surface area contributed by atoms with Crippen molar-refractivity contribution in [1.29, 1.82) is 0 Å². The quantitative estimate of drug-likeness (QED) is 0.828. The molecule has 0 amide bonds. The number of thioether (sulfide) groups is 1. The van der Waals surface area contributed by atoms with Crippen molar-refractivity contribution in [1.82, 2.24) is 0 Å². The number of aliphatic carboxylic acids is 1. The van der Waals surface area contributed by atoms with E-state index in [4.69, 9.17) is 0 Å². The molecule has 1 aromatic rings. The Hall–Kier alpha value is -2.07. The smallest absolute Gasteiger partial charge is 0.307 e. The molecule has 0 bridgehead atoms. The summed E-state index contributed by atoms with van der Waals surface area (Å²) in [4.78, 5) is 11.2. The molecule has 0 heterocycles. The average Bonchev–Trinajstić information content (AvgIpc) is 2.80. The zero-order chi connectivity index (χ0) is 17.3. The van der Waals surface area contributed by atoms with E-state index in [-0.39, 0.29) is 17.0 Å². The molecule has 0 spiro atoms. The molecule has 24 heavy (non-hydrogen) atoms. The number of fused-ring (bicyclic) bond motifs is 1. The highest BCUT2D eigenvalue weighted by Crippen LogP contribution is 2.46. The number of carbonyl (C=O) groups is 1. The summed E-state index contributed by atoms with van der Waals surface area (Å²) in [5, 5.41) is 9.22. The van der Waals surface area contributed by atoms with E-state index in [1.165, 1.54) is 12.1 Å². The van der Waals surface area contributed by atoms with Gasteiger partial charge in [0, 0.05) is 0 Å². The molecule has 2 aliphatic carbocycles. The van der Waals surface area contributed by atoms with Crippen molar-refractivity contribution in [2.75, 3.05) is 6.26 Å². The summed E-state index contributed by atoms with van der Waals surface area (Å²) >= 11 is 1.75. The van der Waals surface area contributed by atoms with Crippen LogP contribution in [0.5, 0.6) is 0 Å². The van der Waals surface area contributed by atoms with Gasteiger partial charge in [-0.1, -0.05) is 36.4 Å². The first-order valence-corrected chi connectivity index (χ1v) is 9.03. The summed E-state index contributed by atoms with van der Waals surface area (Å²) in [6.07, 6.45) is 13.4. The van der Waals surface area contributed by atoms with E-state index in [2.05, 4.69) is 24.5 Å². The molecule has 1 atom stereocenters. The Morgan fingerprint density at radius 3 is 2.79 bits per heavy atom. The third-order valence-electron chi connectivity index (χ3n) is 4.61. The van der Waals surface area contributed by atoms with Crippen molar-refractivity contribution in [3.63, 3.8) is 0 Å². The number of hydrogen-bond donors (Lipinski definition) is 1. The topological polar surface area (TPSA) is 37.3 Å². The number of carboxylic acid groups (broad SMARTS) is 1. The molecule has 1 N–H and O–H groups in total. The molecule has 1 unspecified atom stereocenters. The summed E-state index contributed by atoms with van der Waals surface area (Å²) in [6, 6.07) is 4.64. The van der Waals surface area contributed by atoms with Gasteiger partial charge in [-0.2, -0.15) is 0 Å². The lowest BCUT2D eigenvalue weighted by atomic mass is 9.93. The first-order chi connectivity index (χ1) is 11.5. The lowest BCUT2D eigenvalue weighted by Gasteiger charge is -2.27. The van der Waals surface area contributed by atoms with Crippen molar-refractivity contribution < 1.29 is 14.3 Å². The molecule has 3 rings (SSSR count). The van der Waals surface area contributed by atoms with Gasteiger partial charge >= 0.3 is 5.97 Å². The van der Waals surface area contributed by atoms with Crippen LogP contribution in [0.25, 0.3) is 11.1 Å². The standard InChI is InChI=1S/C20H19FO2S/c1-13-16(11-19(22)23)17-10-14(21)6-7-15(17)18(13)12-20(24-2)8-4-3-5-9-20/h3-8,10,12H,9,11H2,1-2H3,(H,22,23). The van der Waals surface area contributed by atoms with Crippen LogP contribution in [0.15, 0.2) is 54.2 Å². The number of benzene rings is 1. The van der Waals surface area contributed by atoms with E-state index in [0.717, 1.165) is 23.1 Å². The average molecular weight is 342 g/mol. The molecule has 0 aromatic heterocycles. The fourth-order valence-corrected chi connectivity index (χ4v) is 4.02. The Labute approximate surface area is 145 Å². The number of carboxylic acids is 1. The van der Waals surface area contributed by atoms with Gasteiger partial charge in [-0.3, -0.25) is 4.79 Å². The highest BCUT2D eigenvalue weighted by Gasteiger charge is 2.30. The summed E-state index contributed by atoms with van der Waals surface area (Å²) in [5.74, 6) is -1.24. The second-order valence-electron chi connectivity index (χ2n) is 6.07. The summed E-state index contributed by atoms with van der Waals surface area (Å²) in [5.41, 5.74) is 4.26. The van der Waals surface area contributed by atoms with Crippen molar-refractivity contribution in [2.45, 2.75) is 24.5 Å². The normalized spacial score (nSPS) is 23.9. The molecule has 4 heteroatoms. The minimum atomic E-state index is -0.902. The van der Waals surface area contributed by atoms with Crippen LogP contribution in [0, 0.1) is 5.82 Å². The van der Waals surface area contributed by atoms with Gasteiger partial charge < -0.3 is 5.11 Å². The molecule has 1 aromatic carbocycles. The van der Waals surface area contributed by atoms with Crippen molar-refractivity contribution >= 4 is 28.9 Å². The van der Waals surface area contributed by atoms with Gasteiger partial charge in [0.05, 0.1) is 11.2 Å². The van der Waals surface area contributed by atoms with Crippen LogP contribution in [0.3, 0.4) is 0 Å². The van der Waals surface area contributed by atoms with Gasteiger partial charge in [-0.15, -0.1) is 11.8 Å². The van der Waals surface area contributed by atoms with Crippen LogP contribution in [-0.2, 0) is 4.79 Å². The van der Waals surface area contributed by atoms with Gasteiger partial charge in [0.25, 0.3) is 0 Å². The minimum Gasteiger partial charge on any atom is -0.481 e. The predicted octanol–water partition coefficient (Wildman–Crippen LogP) is 5.09. The monoisotopic (exact) mass is 342 g/mol. The zero-order valence-electron chi connectivity index (χ0n) is 13.7. The van der Waals surface area contributed by atoms with Crippen LogP contribution in [-0.4, -0.2) is 22.1 Å². The fourth-order valence-electron chi connectivity index (χ4n) is 3.31. The Morgan fingerprint density at radius 2 is 2.17 bits per heavy atom. The number of rotatable bonds is 4.